The SMILES string of the molecule is CCCc1ccc(N(C)C(=O)[C@H](Cc2cc(F)cc(F)c2)NC(=O)NS(=O)(=O)N[C@@H](Cc2cc(F)cc(F)c2)C(=O)N(C)c2ccc(CCC)cc2)cc1. The number of nitrogens with one attached hydrogen (secondary N) is 3. The molecule has 4 amide bonds. The topological polar surface area (TPSA) is 128 Å². The van der Waals surface area contributed by atoms with Crippen LogP contribution in [-0.4, -0.2) is 52.4 Å². The summed E-state index contributed by atoms with van der Waals surface area (Å²) in [6.45, 7) is 4.03. The van der Waals surface area contributed by atoms with Gasteiger partial charge in [-0.3, -0.25) is 9.59 Å². The molecule has 3 N–H and O–H groups in total. The Bertz CT molecular complexity index is 2010. The maximum absolute atomic E-state index is 14.1. The van der Waals surface area contributed by atoms with Crippen molar-refractivity contribution in [2.45, 2.75) is 64.5 Å². The van der Waals surface area contributed by atoms with Crippen molar-refractivity contribution in [3.8, 4) is 0 Å². The zero-order valence-corrected chi connectivity index (χ0v) is 31.2. The Labute approximate surface area is 312 Å². The third kappa shape index (κ3) is 11.9. The van der Waals surface area contributed by atoms with Crippen LogP contribution in [0.3, 0.4) is 0 Å². The summed E-state index contributed by atoms with van der Waals surface area (Å²) in [4.78, 5) is 43.1. The number of urea groups is 1. The normalized spacial score (nSPS) is 12.4. The van der Waals surface area contributed by atoms with Crippen LogP contribution in [-0.2, 0) is 45.5 Å². The Morgan fingerprint density at radius 1 is 0.593 bits per heavy atom. The van der Waals surface area contributed by atoms with Crippen molar-refractivity contribution in [1.29, 1.82) is 0 Å². The van der Waals surface area contributed by atoms with Gasteiger partial charge in [0, 0.05) is 44.0 Å². The lowest BCUT2D eigenvalue weighted by atomic mass is 10.0. The van der Waals surface area contributed by atoms with Gasteiger partial charge >= 0.3 is 16.2 Å². The van der Waals surface area contributed by atoms with E-state index < -0.39 is 76.2 Å². The molecule has 0 aliphatic carbocycles. The van der Waals surface area contributed by atoms with E-state index in [1.165, 1.54) is 19.0 Å². The van der Waals surface area contributed by atoms with Gasteiger partial charge in [0.05, 0.1) is 0 Å². The Morgan fingerprint density at radius 3 is 1.35 bits per heavy atom. The molecule has 0 fully saturated rings. The van der Waals surface area contributed by atoms with E-state index in [-0.39, 0.29) is 11.1 Å². The standard InChI is InChI=1S/C39H43F4N5O5S/c1-5-7-25-9-13-33(14-10-25)47(3)37(49)35(21-27-17-29(40)23-30(41)18-27)44-39(51)46-54(52,53)45-36(22-28-19-31(42)24-32(43)20-28)38(50)48(4)34-15-11-26(8-6-2)12-16-34/h9-20,23-24,35-36,45H,5-8,21-22H2,1-4H3,(H2,44,46,51)/t35-,36-/m0/s1. The predicted octanol–water partition coefficient (Wildman–Crippen LogP) is 6.13. The molecule has 0 spiro atoms. The van der Waals surface area contributed by atoms with Crippen LogP contribution in [0, 0.1) is 23.3 Å². The number of amides is 4. The van der Waals surface area contributed by atoms with Gasteiger partial charge < -0.3 is 15.1 Å². The molecule has 0 saturated carbocycles. The summed E-state index contributed by atoms with van der Waals surface area (Å²) in [7, 11) is -2.11. The van der Waals surface area contributed by atoms with Crippen LogP contribution in [0.2, 0.25) is 0 Å². The van der Waals surface area contributed by atoms with Crippen molar-refractivity contribution in [2.75, 3.05) is 23.9 Å². The molecule has 4 aromatic carbocycles. The van der Waals surface area contributed by atoms with E-state index in [9.17, 15) is 40.4 Å². The molecular weight excluding hydrogens is 727 g/mol. The average Bonchev–Trinajstić information content (AvgIpc) is 3.09. The Kier molecular flexibility index (Phi) is 14.3. The Morgan fingerprint density at radius 2 is 0.963 bits per heavy atom. The van der Waals surface area contributed by atoms with Crippen molar-refractivity contribution < 1.29 is 40.4 Å². The molecular formula is C39H43F4N5O5S. The number of aryl methyl sites for hydroxylation is 2. The summed E-state index contributed by atoms with van der Waals surface area (Å²) in [6, 6.07) is 14.5. The molecule has 0 heterocycles. The maximum Gasteiger partial charge on any atom is 0.330 e. The van der Waals surface area contributed by atoms with Gasteiger partial charge in [-0.25, -0.2) is 27.1 Å². The van der Waals surface area contributed by atoms with Crippen molar-refractivity contribution in [3.05, 3.63) is 130 Å². The van der Waals surface area contributed by atoms with Gasteiger partial charge in [-0.15, -0.1) is 0 Å². The lowest BCUT2D eigenvalue weighted by Gasteiger charge is -2.26. The van der Waals surface area contributed by atoms with Gasteiger partial charge in [-0.1, -0.05) is 51.0 Å². The summed E-state index contributed by atoms with van der Waals surface area (Å²) in [6.07, 6.45) is 2.46. The zero-order chi connectivity index (χ0) is 39.6. The first-order valence-electron chi connectivity index (χ1n) is 17.3. The van der Waals surface area contributed by atoms with E-state index in [0.29, 0.717) is 23.5 Å². The fourth-order valence-corrected chi connectivity index (χ4v) is 6.83. The molecule has 0 aromatic heterocycles. The quantitative estimate of drug-likeness (QED) is 0.118. The van der Waals surface area contributed by atoms with Crippen LogP contribution in [0.5, 0.6) is 0 Å². The molecule has 54 heavy (non-hydrogen) atoms. The summed E-state index contributed by atoms with van der Waals surface area (Å²) in [5.41, 5.74) is 2.83. The number of likely N-dealkylation sites (N-methyl/N-ethyl adjacent to an activating group) is 2. The van der Waals surface area contributed by atoms with Crippen LogP contribution >= 0.6 is 0 Å². The van der Waals surface area contributed by atoms with E-state index in [1.54, 1.807) is 29.0 Å². The molecule has 288 valence electrons. The maximum atomic E-state index is 14.1. The van der Waals surface area contributed by atoms with E-state index in [4.69, 9.17) is 0 Å². The minimum Gasteiger partial charge on any atom is -0.325 e. The number of carbonyl (C=O) groups is 3. The first-order valence-corrected chi connectivity index (χ1v) is 18.8. The monoisotopic (exact) mass is 769 g/mol. The number of hydrogen-bond donors (Lipinski definition) is 3. The number of rotatable bonds is 16. The van der Waals surface area contributed by atoms with Gasteiger partial charge in [-0.2, -0.15) is 13.1 Å². The van der Waals surface area contributed by atoms with Crippen molar-refractivity contribution in [2.24, 2.45) is 0 Å². The average molecular weight is 770 g/mol. The summed E-state index contributed by atoms with van der Waals surface area (Å²) < 4.78 is 87.0. The van der Waals surface area contributed by atoms with Gasteiger partial charge in [0.25, 0.3) is 0 Å². The molecule has 2 atom stereocenters. The van der Waals surface area contributed by atoms with Gasteiger partial charge in [0.15, 0.2) is 0 Å². The third-order valence-corrected chi connectivity index (χ3v) is 9.59. The lowest BCUT2D eigenvalue weighted by Crippen LogP contribution is -2.57. The largest absolute Gasteiger partial charge is 0.330 e. The molecule has 0 aliphatic rings. The van der Waals surface area contributed by atoms with Crippen molar-refractivity contribution in [1.82, 2.24) is 14.8 Å². The van der Waals surface area contributed by atoms with Crippen LogP contribution in [0.15, 0.2) is 84.9 Å². The highest BCUT2D eigenvalue weighted by atomic mass is 32.2. The second-order valence-electron chi connectivity index (χ2n) is 12.9. The van der Waals surface area contributed by atoms with E-state index in [1.807, 2.05) is 38.1 Å². The fraction of sp³-hybridized carbons (Fsp3) is 0.308. The highest BCUT2D eigenvalue weighted by Gasteiger charge is 2.31. The zero-order valence-electron chi connectivity index (χ0n) is 30.3. The second kappa shape index (κ2) is 18.7. The first-order chi connectivity index (χ1) is 25.6. The number of halogens is 4. The minimum atomic E-state index is -4.93. The van der Waals surface area contributed by atoms with E-state index in [2.05, 4.69) is 10.0 Å². The minimum absolute atomic E-state index is 0.00224. The van der Waals surface area contributed by atoms with E-state index >= 15 is 0 Å². The van der Waals surface area contributed by atoms with Gasteiger partial charge in [0.1, 0.15) is 35.4 Å². The predicted molar refractivity (Wildman–Crippen MR) is 199 cm³/mol. The summed E-state index contributed by atoms with van der Waals surface area (Å²) in [5, 5.41) is 2.27. The van der Waals surface area contributed by atoms with Crippen LogP contribution < -0.4 is 24.6 Å². The van der Waals surface area contributed by atoms with Crippen LogP contribution in [0.4, 0.5) is 33.7 Å². The molecule has 0 unspecified atom stereocenters. The summed E-state index contributed by atoms with van der Waals surface area (Å²) >= 11 is 0. The highest BCUT2D eigenvalue weighted by Crippen LogP contribution is 2.20. The molecule has 0 saturated heterocycles. The lowest BCUT2D eigenvalue weighted by molar-refractivity contribution is -0.120. The van der Waals surface area contributed by atoms with Crippen LogP contribution in [0.25, 0.3) is 0 Å². The number of hydrogen-bond acceptors (Lipinski definition) is 5. The van der Waals surface area contributed by atoms with Crippen LogP contribution in [0.1, 0.15) is 48.9 Å². The second-order valence-corrected chi connectivity index (χ2v) is 14.3. The number of nitrogens with zero attached hydrogens (tertiary/aromatic N) is 2. The van der Waals surface area contributed by atoms with Gasteiger partial charge in [-0.05, 0) is 90.0 Å². The number of carbonyl (C=O) groups excluding carboxylic acids is 3. The van der Waals surface area contributed by atoms with Crippen molar-refractivity contribution >= 4 is 39.4 Å². The molecule has 0 bridgehead atoms. The third-order valence-electron chi connectivity index (χ3n) is 8.54. The fourth-order valence-electron chi connectivity index (χ4n) is 5.91. The molecule has 15 heteroatoms. The molecule has 4 rings (SSSR count). The number of benzene rings is 4. The smallest absolute Gasteiger partial charge is 0.325 e. The molecule has 10 nitrogen and oxygen atoms in total. The summed E-state index contributed by atoms with van der Waals surface area (Å²) in [5.74, 6) is -5.32. The molecule has 0 aliphatic heterocycles. The number of anilines is 2. The Balaban J connectivity index is 1.58. The van der Waals surface area contributed by atoms with Gasteiger partial charge in [0.2, 0.25) is 11.8 Å². The highest BCUT2D eigenvalue weighted by molar-refractivity contribution is 7.88. The van der Waals surface area contributed by atoms with Crippen molar-refractivity contribution in [3.63, 3.8) is 0 Å². The molecule has 0 radical (unpaired) electrons. The Hall–Kier alpha value is -5.28. The molecule has 4 aromatic rings. The van der Waals surface area contributed by atoms with E-state index in [0.717, 1.165) is 66.0 Å². The first kappa shape index (κ1) is 41.5.